The van der Waals surface area contributed by atoms with Crippen LogP contribution in [0.5, 0.6) is 0 Å². The maximum Gasteiger partial charge on any atom is 0.273 e. The van der Waals surface area contributed by atoms with Gasteiger partial charge in [0.15, 0.2) is 11.5 Å². The van der Waals surface area contributed by atoms with Gasteiger partial charge in [0.2, 0.25) is 0 Å². The summed E-state index contributed by atoms with van der Waals surface area (Å²) in [6.45, 7) is 0. The summed E-state index contributed by atoms with van der Waals surface area (Å²) in [5.41, 5.74) is 10.7. The van der Waals surface area contributed by atoms with Gasteiger partial charge in [0.1, 0.15) is 0 Å². The monoisotopic (exact) mass is 211 g/mol. The van der Waals surface area contributed by atoms with E-state index in [9.17, 15) is 9.90 Å². The fraction of sp³-hybridized carbons (Fsp3) is 0.625. The Bertz CT molecular complexity index is 388. The van der Waals surface area contributed by atoms with Gasteiger partial charge in [-0.1, -0.05) is 5.21 Å². The van der Waals surface area contributed by atoms with Crippen LogP contribution in [0, 0.1) is 0 Å². The first kappa shape index (κ1) is 9.91. The van der Waals surface area contributed by atoms with E-state index in [1.165, 1.54) is 4.68 Å². The number of aliphatic hydroxyl groups is 1. The van der Waals surface area contributed by atoms with Crippen LogP contribution in [0.25, 0.3) is 0 Å². The molecule has 1 aliphatic rings. The second kappa shape index (κ2) is 3.50. The van der Waals surface area contributed by atoms with Crippen molar-refractivity contribution in [2.24, 2.45) is 5.73 Å². The van der Waals surface area contributed by atoms with Gasteiger partial charge in [-0.2, -0.15) is 0 Å². The standard InChI is InChI=1S/C8H13N5O2/c9-7-6(8(10)15)11-12-13(7)4-2-1-3-5(4)14/h4-5,14H,1-3,9H2,(H2,10,15)/t4-,5+/m1/s1. The van der Waals surface area contributed by atoms with E-state index in [1.54, 1.807) is 0 Å². The van der Waals surface area contributed by atoms with E-state index < -0.39 is 12.0 Å². The molecule has 1 saturated carbocycles. The maximum atomic E-state index is 10.9. The van der Waals surface area contributed by atoms with E-state index >= 15 is 0 Å². The first-order valence-electron chi connectivity index (χ1n) is 4.79. The molecule has 15 heavy (non-hydrogen) atoms. The molecule has 1 aromatic rings. The van der Waals surface area contributed by atoms with Crippen molar-refractivity contribution >= 4 is 11.7 Å². The van der Waals surface area contributed by atoms with E-state index in [-0.39, 0.29) is 17.6 Å². The lowest BCUT2D eigenvalue weighted by Gasteiger charge is -2.15. The summed E-state index contributed by atoms with van der Waals surface area (Å²) in [4.78, 5) is 10.9. The van der Waals surface area contributed by atoms with Crippen molar-refractivity contribution in [3.05, 3.63) is 5.69 Å². The third-order valence-electron chi connectivity index (χ3n) is 2.72. The molecule has 82 valence electrons. The van der Waals surface area contributed by atoms with Crippen LogP contribution in [0.3, 0.4) is 0 Å². The fourth-order valence-corrected chi connectivity index (χ4v) is 1.93. The van der Waals surface area contributed by atoms with Crippen LogP contribution in [0.1, 0.15) is 35.8 Å². The van der Waals surface area contributed by atoms with Crippen LogP contribution in [-0.2, 0) is 0 Å². The third kappa shape index (κ3) is 1.54. The highest BCUT2D eigenvalue weighted by Crippen LogP contribution is 2.31. The molecule has 1 heterocycles. The second-order valence-electron chi connectivity index (χ2n) is 3.70. The lowest BCUT2D eigenvalue weighted by Crippen LogP contribution is -2.22. The number of carbonyl (C=O) groups is 1. The summed E-state index contributed by atoms with van der Waals surface area (Å²) in [6, 6.07) is -0.189. The Labute approximate surface area is 86.0 Å². The maximum absolute atomic E-state index is 10.9. The minimum absolute atomic E-state index is 0.0332. The van der Waals surface area contributed by atoms with Crippen molar-refractivity contribution in [2.45, 2.75) is 31.4 Å². The summed E-state index contributed by atoms with van der Waals surface area (Å²) < 4.78 is 1.39. The first-order chi connectivity index (χ1) is 7.11. The van der Waals surface area contributed by atoms with Crippen LogP contribution in [0.4, 0.5) is 5.82 Å². The molecule has 0 aliphatic heterocycles. The summed E-state index contributed by atoms with van der Waals surface area (Å²) in [7, 11) is 0. The number of rotatable bonds is 2. The molecule has 0 aromatic carbocycles. The number of primary amides is 1. The Morgan fingerprint density at radius 3 is 2.73 bits per heavy atom. The average Bonchev–Trinajstić information content (AvgIpc) is 2.71. The number of hydrogen-bond donors (Lipinski definition) is 3. The summed E-state index contributed by atoms with van der Waals surface area (Å²) >= 11 is 0. The number of nitrogens with zero attached hydrogens (tertiary/aromatic N) is 3. The Kier molecular flexibility index (Phi) is 2.31. The number of nitrogen functional groups attached to an aromatic ring is 1. The zero-order valence-electron chi connectivity index (χ0n) is 8.13. The van der Waals surface area contributed by atoms with Crippen molar-refractivity contribution < 1.29 is 9.90 Å². The van der Waals surface area contributed by atoms with Crippen molar-refractivity contribution in [3.8, 4) is 0 Å². The van der Waals surface area contributed by atoms with E-state index in [1.807, 2.05) is 0 Å². The summed E-state index contributed by atoms with van der Waals surface area (Å²) in [5, 5.41) is 17.0. The van der Waals surface area contributed by atoms with Crippen LogP contribution in [-0.4, -0.2) is 32.1 Å². The number of aromatic nitrogens is 3. The Morgan fingerprint density at radius 1 is 1.53 bits per heavy atom. The number of hydrogen-bond acceptors (Lipinski definition) is 5. The van der Waals surface area contributed by atoms with Gasteiger partial charge in [0.05, 0.1) is 12.1 Å². The Hall–Kier alpha value is -1.63. The number of anilines is 1. The second-order valence-corrected chi connectivity index (χ2v) is 3.70. The smallest absolute Gasteiger partial charge is 0.273 e. The minimum Gasteiger partial charge on any atom is -0.391 e. The molecule has 0 spiro atoms. The number of carbonyl (C=O) groups excluding carboxylic acids is 1. The zero-order chi connectivity index (χ0) is 11.0. The molecule has 0 unspecified atom stereocenters. The van der Waals surface area contributed by atoms with Crippen molar-refractivity contribution in [3.63, 3.8) is 0 Å². The van der Waals surface area contributed by atoms with E-state index in [4.69, 9.17) is 11.5 Å². The van der Waals surface area contributed by atoms with Gasteiger partial charge in [-0.3, -0.25) is 4.79 Å². The van der Waals surface area contributed by atoms with Gasteiger partial charge < -0.3 is 16.6 Å². The molecular weight excluding hydrogens is 198 g/mol. The molecule has 1 amide bonds. The summed E-state index contributed by atoms with van der Waals surface area (Å²) in [6.07, 6.45) is 1.94. The first-order valence-corrected chi connectivity index (χ1v) is 4.79. The van der Waals surface area contributed by atoms with Crippen LogP contribution < -0.4 is 11.5 Å². The van der Waals surface area contributed by atoms with E-state index in [2.05, 4.69) is 10.3 Å². The predicted octanol–water partition coefficient (Wildman–Crippen LogP) is -0.955. The number of amides is 1. The van der Waals surface area contributed by atoms with Crippen molar-refractivity contribution in [1.82, 2.24) is 15.0 Å². The summed E-state index contributed by atoms with van der Waals surface area (Å²) in [5.74, 6) is -0.570. The van der Waals surface area contributed by atoms with E-state index in [0.717, 1.165) is 19.3 Å². The average molecular weight is 211 g/mol. The largest absolute Gasteiger partial charge is 0.391 e. The highest BCUT2D eigenvalue weighted by Gasteiger charge is 2.30. The number of aliphatic hydroxyl groups excluding tert-OH is 1. The predicted molar refractivity (Wildman–Crippen MR) is 51.8 cm³/mol. The molecule has 7 heteroatoms. The minimum atomic E-state index is -0.703. The molecule has 7 nitrogen and oxygen atoms in total. The molecule has 1 aromatic heterocycles. The van der Waals surface area contributed by atoms with Gasteiger partial charge in [-0.25, -0.2) is 4.68 Å². The Balaban J connectivity index is 2.33. The van der Waals surface area contributed by atoms with Crippen molar-refractivity contribution in [2.75, 3.05) is 5.73 Å². The molecular formula is C8H13N5O2. The molecule has 2 atom stereocenters. The van der Waals surface area contributed by atoms with Gasteiger partial charge in [0, 0.05) is 0 Å². The fourth-order valence-electron chi connectivity index (χ4n) is 1.93. The quantitative estimate of drug-likeness (QED) is 0.582. The van der Waals surface area contributed by atoms with Gasteiger partial charge >= 0.3 is 0 Å². The Morgan fingerprint density at radius 2 is 2.27 bits per heavy atom. The molecule has 2 rings (SSSR count). The number of nitrogens with two attached hydrogens (primary N) is 2. The zero-order valence-corrected chi connectivity index (χ0v) is 8.13. The molecule has 1 aliphatic carbocycles. The molecule has 1 fully saturated rings. The van der Waals surface area contributed by atoms with Gasteiger partial charge in [0.25, 0.3) is 5.91 Å². The highest BCUT2D eigenvalue weighted by molar-refractivity contribution is 5.94. The van der Waals surface area contributed by atoms with Gasteiger partial charge in [-0.05, 0) is 19.3 Å². The van der Waals surface area contributed by atoms with Crippen LogP contribution >= 0.6 is 0 Å². The SMILES string of the molecule is NC(=O)c1nnn([C@@H]2CCC[C@@H]2O)c1N. The molecule has 5 N–H and O–H groups in total. The van der Waals surface area contributed by atoms with Crippen LogP contribution in [0.2, 0.25) is 0 Å². The third-order valence-corrected chi connectivity index (χ3v) is 2.72. The van der Waals surface area contributed by atoms with Crippen molar-refractivity contribution in [1.29, 1.82) is 0 Å². The molecule has 0 radical (unpaired) electrons. The molecule has 0 bridgehead atoms. The lowest BCUT2D eigenvalue weighted by molar-refractivity contribution is 0.0996. The molecule has 0 saturated heterocycles. The van der Waals surface area contributed by atoms with E-state index in [0.29, 0.717) is 0 Å². The van der Waals surface area contributed by atoms with Gasteiger partial charge in [-0.15, -0.1) is 5.10 Å². The normalized spacial score (nSPS) is 25.7. The van der Waals surface area contributed by atoms with Crippen LogP contribution in [0.15, 0.2) is 0 Å². The highest BCUT2D eigenvalue weighted by atomic mass is 16.3. The lowest BCUT2D eigenvalue weighted by atomic mass is 10.2. The topological polar surface area (TPSA) is 120 Å².